The van der Waals surface area contributed by atoms with Crippen molar-refractivity contribution in [1.29, 1.82) is 0 Å². The monoisotopic (exact) mass is 668 g/mol. The van der Waals surface area contributed by atoms with Crippen molar-refractivity contribution >= 4 is 60.9 Å². The quantitative estimate of drug-likeness (QED) is 0.286. The summed E-state index contributed by atoms with van der Waals surface area (Å²) < 4.78 is 13.9. The highest BCUT2D eigenvalue weighted by molar-refractivity contribution is 9.11. The number of carbonyl (C=O) groups is 1. The lowest BCUT2D eigenvalue weighted by Crippen LogP contribution is -2.40. The zero-order chi connectivity index (χ0) is 27.7. The van der Waals surface area contributed by atoms with Gasteiger partial charge in [0, 0.05) is 5.56 Å². The molecule has 5 rings (SSSR count). The number of ether oxygens (including phenoxy) is 2. The molecule has 7 nitrogen and oxygen atoms in total. The summed E-state index contributed by atoms with van der Waals surface area (Å²) in [6, 6.07) is 19.3. The van der Waals surface area contributed by atoms with Gasteiger partial charge in [-0.05, 0) is 80.3 Å². The molecule has 1 aliphatic rings. The van der Waals surface area contributed by atoms with Gasteiger partial charge < -0.3 is 14.6 Å². The van der Waals surface area contributed by atoms with E-state index < -0.39 is 12.0 Å². The Morgan fingerprint density at radius 2 is 1.82 bits per heavy atom. The number of aromatic hydroxyl groups is 1. The first-order chi connectivity index (χ1) is 18.8. The number of halogens is 2. The molecule has 10 heteroatoms. The molecule has 1 aliphatic heterocycles. The fourth-order valence-corrected chi connectivity index (χ4v) is 6.61. The van der Waals surface area contributed by atoms with Crippen LogP contribution in [0, 0.1) is 0 Å². The highest BCUT2D eigenvalue weighted by Crippen LogP contribution is 2.36. The third-order valence-electron chi connectivity index (χ3n) is 6.12. The predicted molar refractivity (Wildman–Crippen MR) is 158 cm³/mol. The molecule has 0 bridgehead atoms. The van der Waals surface area contributed by atoms with Crippen molar-refractivity contribution in [3.05, 3.63) is 118 Å². The molecule has 1 atom stereocenters. The van der Waals surface area contributed by atoms with E-state index >= 15 is 0 Å². The van der Waals surface area contributed by atoms with Gasteiger partial charge >= 0.3 is 5.97 Å². The smallest absolute Gasteiger partial charge is 0.338 e. The molecule has 39 heavy (non-hydrogen) atoms. The first-order valence-electron chi connectivity index (χ1n) is 11.9. The Kier molecular flexibility index (Phi) is 7.88. The minimum Gasteiger partial charge on any atom is -0.506 e. The summed E-state index contributed by atoms with van der Waals surface area (Å²) in [6.07, 6.45) is 1.73. The van der Waals surface area contributed by atoms with E-state index in [0.717, 1.165) is 5.56 Å². The van der Waals surface area contributed by atoms with Crippen LogP contribution >= 0.6 is 43.2 Å². The summed E-state index contributed by atoms with van der Waals surface area (Å²) in [4.78, 5) is 32.8. The summed E-state index contributed by atoms with van der Waals surface area (Å²) in [5.41, 5.74) is 2.53. The number of phenolic OH excluding ortho intramolecular Hbond substituents is 1. The number of rotatable bonds is 6. The number of aromatic nitrogens is 1. The number of thiazole rings is 1. The van der Waals surface area contributed by atoms with E-state index in [2.05, 4.69) is 31.9 Å². The molecule has 4 aromatic rings. The maximum Gasteiger partial charge on any atom is 0.338 e. The average Bonchev–Trinajstić information content (AvgIpc) is 3.25. The molecule has 3 aromatic carbocycles. The van der Waals surface area contributed by atoms with Gasteiger partial charge in [0.05, 0.1) is 44.5 Å². The second-order valence-corrected chi connectivity index (χ2v) is 11.3. The number of benzene rings is 3. The van der Waals surface area contributed by atoms with Crippen LogP contribution in [-0.2, 0) is 9.53 Å². The molecule has 0 spiro atoms. The molecule has 0 amide bonds. The molecule has 0 fully saturated rings. The third kappa shape index (κ3) is 5.24. The summed E-state index contributed by atoms with van der Waals surface area (Å²) >= 11 is 7.91. The first kappa shape index (κ1) is 27.1. The number of esters is 1. The van der Waals surface area contributed by atoms with Crippen molar-refractivity contribution in [2.24, 2.45) is 4.99 Å². The maximum absolute atomic E-state index is 14.0. The third-order valence-corrected chi connectivity index (χ3v) is 8.31. The minimum absolute atomic E-state index is 0.0678. The van der Waals surface area contributed by atoms with Gasteiger partial charge in [-0.2, -0.15) is 0 Å². The van der Waals surface area contributed by atoms with Crippen LogP contribution in [-0.4, -0.2) is 29.4 Å². The molecule has 1 aromatic heterocycles. The summed E-state index contributed by atoms with van der Waals surface area (Å²) in [5, 5.41) is 10.1. The Morgan fingerprint density at radius 3 is 2.49 bits per heavy atom. The summed E-state index contributed by atoms with van der Waals surface area (Å²) in [5.74, 6) is 0.113. The molecular formula is C29H22Br2N2O5S. The number of carbonyl (C=O) groups excluding carboxylic acids is 1. The van der Waals surface area contributed by atoms with E-state index in [9.17, 15) is 14.7 Å². The second kappa shape index (κ2) is 11.3. The largest absolute Gasteiger partial charge is 0.506 e. The van der Waals surface area contributed by atoms with Crippen molar-refractivity contribution in [2.75, 3.05) is 13.7 Å². The Hall–Kier alpha value is -3.47. The number of hydrogen-bond donors (Lipinski definition) is 1. The van der Waals surface area contributed by atoms with Gasteiger partial charge in [0.15, 0.2) is 4.80 Å². The number of nitrogens with zero attached hydrogens (tertiary/aromatic N) is 2. The molecule has 0 saturated heterocycles. The first-order valence-corrected chi connectivity index (χ1v) is 14.3. The van der Waals surface area contributed by atoms with Crippen molar-refractivity contribution in [1.82, 2.24) is 4.57 Å². The standard InChI is InChI=1S/C29H22Br2N2O5S/c1-3-38-28(36)23-24(17-8-5-4-6-9-17)32-29-33(25(23)18-10-7-11-19(15-18)37-2)27(35)22(39-29)14-16-12-20(30)26(34)21(31)13-16/h4-15,25,34H,3H2,1-2H3/b22-14-/t25-/m0/s1. The fraction of sp³-hybridized carbons (Fsp3) is 0.138. The molecule has 0 unspecified atom stereocenters. The van der Waals surface area contributed by atoms with E-state index in [1.165, 1.54) is 15.9 Å². The number of phenols is 1. The lowest BCUT2D eigenvalue weighted by Gasteiger charge is -2.26. The minimum atomic E-state index is -0.800. The highest BCUT2D eigenvalue weighted by atomic mass is 79.9. The van der Waals surface area contributed by atoms with Crippen LogP contribution in [0.25, 0.3) is 11.8 Å². The van der Waals surface area contributed by atoms with Crippen LogP contribution < -0.4 is 19.6 Å². The Labute approximate surface area is 244 Å². The number of hydrogen-bond acceptors (Lipinski definition) is 7. The van der Waals surface area contributed by atoms with Gasteiger partial charge in [-0.1, -0.05) is 53.8 Å². The van der Waals surface area contributed by atoms with Gasteiger partial charge in [0.1, 0.15) is 11.5 Å². The molecule has 0 radical (unpaired) electrons. The van der Waals surface area contributed by atoms with Crippen LogP contribution in [0.15, 0.2) is 91.0 Å². The Morgan fingerprint density at radius 1 is 1.10 bits per heavy atom. The van der Waals surface area contributed by atoms with Crippen LogP contribution in [0.4, 0.5) is 0 Å². The molecule has 198 valence electrons. The molecule has 0 saturated carbocycles. The van der Waals surface area contributed by atoms with E-state index in [1.54, 1.807) is 38.3 Å². The van der Waals surface area contributed by atoms with Gasteiger partial charge in [-0.3, -0.25) is 9.36 Å². The van der Waals surface area contributed by atoms with E-state index in [-0.39, 0.29) is 23.5 Å². The highest BCUT2D eigenvalue weighted by Gasteiger charge is 2.35. The lowest BCUT2D eigenvalue weighted by atomic mass is 9.93. The lowest BCUT2D eigenvalue weighted by molar-refractivity contribution is -0.138. The van der Waals surface area contributed by atoms with Crippen molar-refractivity contribution in [3.63, 3.8) is 0 Å². The van der Waals surface area contributed by atoms with Crippen molar-refractivity contribution < 1.29 is 19.4 Å². The van der Waals surface area contributed by atoms with Crippen LogP contribution in [0.1, 0.15) is 29.7 Å². The van der Waals surface area contributed by atoms with Gasteiger partial charge in [-0.25, -0.2) is 9.79 Å². The predicted octanol–water partition coefficient (Wildman–Crippen LogP) is 5.17. The topological polar surface area (TPSA) is 90.1 Å². The van der Waals surface area contributed by atoms with Crippen molar-refractivity contribution in [2.45, 2.75) is 13.0 Å². The Balaban J connectivity index is 1.84. The average molecular weight is 670 g/mol. The zero-order valence-electron chi connectivity index (χ0n) is 20.9. The van der Waals surface area contributed by atoms with E-state index in [0.29, 0.717) is 40.9 Å². The van der Waals surface area contributed by atoms with Gasteiger partial charge in [0.2, 0.25) is 0 Å². The van der Waals surface area contributed by atoms with Gasteiger partial charge in [0.25, 0.3) is 5.56 Å². The van der Waals surface area contributed by atoms with E-state index in [4.69, 9.17) is 14.5 Å². The fourth-order valence-electron chi connectivity index (χ4n) is 4.39. The summed E-state index contributed by atoms with van der Waals surface area (Å²) in [6.45, 7) is 1.91. The van der Waals surface area contributed by atoms with E-state index in [1.807, 2.05) is 48.5 Å². The maximum atomic E-state index is 14.0. The number of fused-ring (bicyclic) bond motifs is 1. The zero-order valence-corrected chi connectivity index (χ0v) is 24.8. The Bertz CT molecular complexity index is 1770. The normalized spacial score (nSPS) is 15.1. The molecular weight excluding hydrogens is 648 g/mol. The molecule has 1 N–H and O–H groups in total. The van der Waals surface area contributed by atoms with Crippen LogP contribution in [0.3, 0.4) is 0 Å². The van der Waals surface area contributed by atoms with Gasteiger partial charge in [-0.15, -0.1) is 0 Å². The summed E-state index contributed by atoms with van der Waals surface area (Å²) in [7, 11) is 1.57. The van der Waals surface area contributed by atoms with Crippen molar-refractivity contribution in [3.8, 4) is 11.5 Å². The molecule has 0 aliphatic carbocycles. The molecule has 2 heterocycles. The van der Waals surface area contributed by atoms with Crippen LogP contribution in [0.2, 0.25) is 0 Å². The SMILES string of the molecule is CCOC(=O)C1=C(c2ccccc2)N=c2s/c(=C\c3cc(Br)c(O)c(Br)c3)c(=O)n2[C@H]1c1cccc(OC)c1. The van der Waals surface area contributed by atoms with Crippen LogP contribution in [0.5, 0.6) is 11.5 Å². The number of methoxy groups -OCH3 is 1. The second-order valence-electron chi connectivity index (χ2n) is 8.54.